The molecule has 0 spiro atoms. The Hall–Kier alpha value is -2.74. The maximum absolute atomic E-state index is 12.3. The maximum Gasteiger partial charge on any atom is 0.407 e. The molecule has 4 N–H and O–H groups in total. The van der Waals surface area contributed by atoms with Crippen LogP contribution in [0.4, 0.5) is 4.79 Å². The smallest absolute Gasteiger partial charge is 0.407 e. The van der Waals surface area contributed by atoms with Crippen molar-refractivity contribution < 1.29 is 14.6 Å². The van der Waals surface area contributed by atoms with Gasteiger partial charge >= 0.3 is 6.09 Å². The summed E-state index contributed by atoms with van der Waals surface area (Å²) in [5, 5.41) is 13.5. The lowest BCUT2D eigenvalue weighted by Crippen LogP contribution is -2.34. The highest BCUT2D eigenvalue weighted by molar-refractivity contribution is 7.09. The van der Waals surface area contributed by atoms with Crippen molar-refractivity contribution in [2.24, 2.45) is 5.73 Å². The highest BCUT2D eigenvalue weighted by atomic mass is 32.1. The quantitative estimate of drug-likeness (QED) is 0.459. The van der Waals surface area contributed by atoms with Crippen LogP contribution in [0.2, 0.25) is 0 Å². The van der Waals surface area contributed by atoms with E-state index >= 15 is 0 Å². The van der Waals surface area contributed by atoms with E-state index in [1.165, 1.54) is 11.3 Å². The second-order valence-corrected chi connectivity index (χ2v) is 8.20. The van der Waals surface area contributed by atoms with E-state index in [0.717, 1.165) is 16.0 Å². The van der Waals surface area contributed by atoms with Crippen molar-refractivity contribution in [2.45, 2.75) is 44.1 Å². The molecule has 3 atom stereocenters. The third-order valence-corrected chi connectivity index (χ3v) is 5.50. The molecule has 0 aliphatic heterocycles. The van der Waals surface area contributed by atoms with E-state index in [9.17, 15) is 9.90 Å². The zero-order chi connectivity index (χ0) is 21.2. The number of carbonyl (C=O) groups is 1. The summed E-state index contributed by atoms with van der Waals surface area (Å²) < 4.78 is 5.29. The van der Waals surface area contributed by atoms with Gasteiger partial charge in [-0.1, -0.05) is 60.7 Å². The molecule has 1 amide bonds. The lowest BCUT2D eigenvalue weighted by Gasteiger charge is -2.23. The van der Waals surface area contributed by atoms with Crippen LogP contribution in [0, 0.1) is 0 Å². The fourth-order valence-electron chi connectivity index (χ4n) is 3.32. The molecular formula is C23H27N3O3S. The number of carbonyl (C=O) groups excluding carboxylic acids is 1. The molecule has 3 aromatic rings. The van der Waals surface area contributed by atoms with Gasteiger partial charge < -0.3 is 20.9 Å². The SMILES string of the molecule is N[C@@H](Cc1ccccc1)C[C@H](O)C[C@H](NC(=O)OCc1cncs1)c1ccccc1. The topological polar surface area (TPSA) is 97.5 Å². The van der Waals surface area contributed by atoms with E-state index in [-0.39, 0.29) is 18.7 Å². The van der Waals surface area contributed by atoms with E-state index in [1.807, 2.05) is 60.7 Å². The Labute approximate surface area is 180 Å². The molecule has 0 saturated carbocycles. The molecule has 1 heterocycles. The Morgan fingerprint density at radius 1 is 1.10 bits per heavy atom. The van der Waals surface area contributed by atoms with Crippen LogP contribution >= 0.6 is 11.3 Å². The van der Waals surface area contributed by atoms with Crippen LogP contribution in [0.25, 0.3) is 0 Å². The van der Waals surface area contributed by atoms with Gasteiger partial charge in [-0.2, -0.15) is 0 Å². The minimum Gasteiger partial charge on any atom is -0.444 e. The molecule has 0 radical (unpaired) electrons. The second kappa shape index (κ2) is 11.4. The van der Waals surface area contributed by atoms with Crippen molar-refractivity contribution in [1.29, 1.82) is 0 Å². The summed E-state index contributed by atoms with van der Waals surface area (Å²) in [5.74, 6) is 0. The summed E-state index contributed by atoms with van der Waals surface area (Å²) in [6.07, 6.45) is 1.97. The van der Waals surface area contributed by atoms with Crippen molar-refractivity contribution in [3.63, 3.8) is 0 Å². The van der Waals surface area contributed by atoms with Gasteiger partial charge in [0.1, 0.15) is 6.61 Å². The largest absolute Gasteiger partial charge is 0.444 e. The van der Waals surface area contributed by atoms with Gasteiger partial charge in [-0.05, 0) is 30.4 Å². The lowest BCUT2D eigenvalue weighted by molar-refractivity contribution is 0.116. The summed E-state index contributed by atoms with van der Waals surface area (Å²) in [4.78, 5) is 17.1. The molecule has 2 aromatic carbocycles. The zero-order valence-electron chi connectivity index (χ0n) is 16.7. The first-order valence-corrected chi connectivity index (χ1v) is 10.8. The molecule has 30 heavy (non-hydrogen) atoms. The van der Waals surface area contributed by atoms with Crippen LogP contribution < -0.4 is 11.1 Å². The van der Waals surface area contributed by atoms with Crippen molar-refractivity contribution in [3.05, 3.63) is 88.4 Å². The number of hydrogen-bond acceptors (Lipinski definition) is 6. The van der Waals surface area contributed by atoms with Gasteiger partial charge in [-0.15, -0.1) is 11.3 Å². The molecule has 0 aliphatic carbocycles. The van der Waals surface area contributed by atoms with E-state index in [1.54, 1.807) is 11.7 Å². The van der Waals surface area contributed by atoms with E-state index in [0.29, 0.717) is 19.3 Å². The van der Waals surface area contributed by atoms with Crippen molar-refractivity contribution in [1.82, 2.24) is 10.3 Å². The number of nitrogens with two attached hydrogens (primary N) is 1. The predicted octanol–water partition coefficient (Wildman–Crippen LogP) is 3.82. The third kappa shape index (κ3) is 7.26. The number of aliphatic hydroxyl groups is 1. The third-order valence-electron chi connectivity index (χ3n) is 4.75. The minimum absolute atomic E-state index is 0.169. The highest BCUT2D eigenvalue weighted by Gasteiger charge is 2.21. The van der Waals surface area contributed by atoms with Crippen LogP contribution in [-0.2, 0) is 17.8 Å². The number of benzene rings is 2. The minimum atomic E-state index is -0.657. The van der Waals surface area contributed by atoms with Crippen molar-refractivity contribution in [3.8, 4) is 0 Å². The molecule has 1 aromatic heterocycles. The van der Waals surface area contributed by atoms with Crippen LogP contribution in [0.3, 0.4) is 0 Å². The van der Waals surface area contributed by atoms with Gasteiger partial charge in [0.05, 0.1) is 22.5 Å². The number of alkyl carbamates (subject to hydrolysis) is 1. The average Bonchev–Trinajstić information content (AvgIpc) is 3.27. The molecular weight excluding hydrogens is 398 g/mol. The number of aliphatic hydroxyl groups excluding tert-OH is 1. The summed E-state index contributed by atoms with van der Waals surface area (Å²) in [5.41, 5.74) is 9.99. The number of hydrogen-bond donors (Lipinski definition) is 3. The molecule has 0 aliphatic rings. The van der Waals surface area contributed by atoms with Gasteiger partial charge in [0, 0.05) is 12.2 Å². The predicted molar refractivity (Wildman–Crippen MR) is 118 cm³/mol. The van der Waals surface area contributed by atoms with Gasteiger partial charge in [0.25, 0.3) is 0 Å². The molecule has 0 fully saturated rings. The number of nitrogens with one attached hydrogen (secondary N) is 1. The Morgan fingerprint density at radius 2 is 1.80 bits per heavy atom. The zero-order valence-corrected chi connectivity index (χ0v) is 17.5. The summed E-state index contributed by atoms with van der Waals surface area (Å²) in [6, 6.07) is 19.0. The monoisotopic (exact) mass is 425 g/mol. The standard InChI is InChI=1S/C23H27N3O3S/c24-19(11-17-7-3-1-4-8-17)12-20(27)13-22(18-9-5-2-6-10-18)26-23(28)29-15-21-14-25-16-30-21/h1-10,14,16,19-20,22,27H,11-13,15,24H2,(H,26,28)/t19-,20-,22-/m0/s1. The first-order valence-electron chi connectivity index (χ1n) is 9.93. The van der Waals surface area contributed by atoms with Gasteiger partial charge in [-0.25, -0.2) is 4.79 Å². The van der Waals surface area contributed by atoms with Crippen molar-refractivity contribution in [2.75, 3.05) is 0 Å². The summed E-state index contributed by atoms with van der Waals surface area (Å²) in [6.45, 7) is 0.169. The number of aromatic nitrogens is 1. The fraction of sp³-hybridized carbons (Fsp3) is 0.304. The van der Waals surface area contributed by atoms with Crippen LogP contribution in [0.15, 0.2) is 72.4 Å². The molecule has 3 rings (SSSR count). The molecule has 0 bridgehead atoms. The van der Waals surface area contributed by atoms with E-state index in [4.69, 9.17) is 10.5 Å². The van der Waals surface area contributed by atoms with Gasteiger partial charge in [0.2, 0.25) is 0 Å². The molecule has 0 saturated heterocycles. The Balaban J connectivity index is 1.55. The van der Waals surface area contributed by atoms with Gasteiger partial charge in [0.15, 0.2) is 0 Å². The van der Waals surface area contributed by atoms with Crippen LogP contribution in [0.5, 0.6) is 0 Å². The number of nitrogens with zero attached hydrogens (tertiary/aromatic N) is 1. The first-order chi connectivity index (χ1) is 14.6. The average molecular weight is 426 g/mol. The molecule has 6 nitrogen and oxygen atoms in total. The van der Waals surface area contributed by atoms with Crippen molar-refractivity contribution >= 4 is 17.4 Å². The Kier molecular flexibility index (Phi) is 8.38. The second-order valence-electron chi connectivity index (χ2n) is 7.23. The summed E-state index contributed by atoms with van der Waals surface area (Å²) in [7, 11) is 0. The number of amides is 1. The van der Waals surface area contributed by atoms with E-state index < -0.39 is 12.2 Å². The lowest BCUT2D eigenvalue weighted by atomic mass is 9.95. The maximum atomic E-state index is 12.3. The Morgan fingerprint density at radius 3 is 2.47 bits per heavy atom. The summed E-state index contributed by atoms with van der Waals surface area (Å²) >= 11 is 1.43. The number of rotatable bonds is 10. The van der Waals surface area contributed by atoms with Crippen LogP contribution in [0.1, 0.15) is 34.9 Å². The van der Waals surface area contributed by atoms with Gasteiger partial charge in [-0.3, -0.25) is 4.98 Å². The molecule has 158 valence electrons. The first kappa shape index (κ1) is 22.0. The van der Waals surface area contributed by atoms with E-state index in [2.05, 4.69) is 10.3 Å². The van der Waals surface area contributed by atoms with Crippen LogP contribution in [-0.4, -0.2) is 28.3 Å². The fourth-order valence-corrected chi connectivity index (χ4v) is 3.82. The molecule has 7 heteroatoms. The normalized spacial score (nSPS) is 13.9. The Bertz CT molecular complexity index is 875. The highest BCUT2D eigenvalue weighted by Crippen LogP contribution is 2.21. The molecule has 0 unspecified atom stereocenters. The number of thiazole rings is 1. The number of ether oxygens (including phenoxy) is 1.